The molecule has 0 spiro atoms. The molecule has 1 N–H and O–H groups in total. The number of carboxylic acids is 1. The van der Waals surface area contributed by atoms with Crippen LogP contribution < -0.4 is 0 Å². The maximum absolute atomic E-state index is 11.2. The second-order valence-corrected chi connectivity index (χ2v) is 3.03. The third kappa shape index (κ3) is 3.01. The van der Waals surface area contributed by atoms with E-state index in [0.717, 1.165) is 17.1 Å². The molecule has 2 amide bonds. The van der Waals surface area contributed by atoms with Crippen molar-refractivity contribution >= 4 is 23.6 Å². The predicted octanol–water partition coefficient (Wildman–Crippen LogP) is -0.655. The molecule has 1 aliphatic rings. The molecule has 0 radical (unpaired) electrons. The SMILES string of the molecule is O=C(O)CCC(=O)CN1C(=O)C=CC1=O. The van der Waals surface area contributed by atoms with Crippen molar-refractivity contribution in [2.24, 2.45) is 0 Å². The summed E-state index contributed by atoms with van der Waals surface area (Å²) in [6.45, 7) is -0.349. The summed E-state index contributed by atoms with van der Waals surface area (Å²) in [7, 11) is 0. The molecule has 6 heteroatoms. The van der Waals surface area contributed by atoms with Gasteiger partial charge in [-0.15, -0.1) is 0 Å². The van der Waals surface area contributed by atoms with E-state index in [2.05, 4.69) is 0 Å². The molecule has 0 aliphatic carbocycles. The smallest absolute Gasteiger partial charge is 0.303 e. The Morgan fingerprint density at radius 3 is 2.13 bits per heavy atom. The summed E-state index contributed by atoms with van der Waals surface area (Å²) in [6, 6.07) is 0. The van der Waals surface area contributed by atoms with Gasteiger partial charge >= 0.3 is 5.97 Å². The van der Waals surface area contributed by atoms with Crippen molar-refractivity contribution in [1.82, 2.24) is 4.90 Å². The average Bonchev–Trinajstić information content (AvgIpc) is 2.46. The lowest BCUT2D eigenvalue weighted by Gasteiger charge is -2.11. The average molecular weight is 211 g/mol. The minimum Gasteiger partial charge on any atom is -0.481 e. The largest absolute Gasteiger partial charge is 0.481 e. The lowest BCUT2D eigenvalue weighted by molar-refractivity contribution is -0.141. The van der Waals surface area contributed by atoms with Crippen molar-refractivity contribution < 1.29 is 24.3 Å². The number of hydrogen-bond acceptors (Lipinski definition) is 4. The zero-order valence-corrected chi connectivity index (χ0v) is 7.80. The molecule has 0 bridgehead atoms. The first-order valence-electron chi connectivity index (χ1n) is 4.27. The maximum Gasteiger partial charge on any atom is 0.303 e. The Bertz CT molecular complexity index is 340. The van der Waals surface area contributed by atoms with Crippen LogP contribution in [-0.4, -0.2) is 40.1 Å². The Kier molecular flexibility index (Phi) is 3.33. The van der Waals surface area contributed by atoms with Crippen LogP contribution in [0.25, 0.3) is 0 Å². The topological polar surface area (TPSA) is 91.8 Å². The Labute approximate surface area is 85.2 Å². The number of amides is 2. The highest BCUT2D eigenvalue weighted by Gasteiger charge is 2.25. The van der Waals surface area contributed by atoms with Gasteiger partial charge in [-0.1, -0.05) is 0 Å². The molecule has 0 aromatic heterocycles. The summed E-state index contributed by atoms with van der Waals surface area (Å²) >= 11 is 0. The van der Waals surface area contributed by atoms with Crippen molar-refractivity contribution in [2.75, 3.05) is 6.54 Å². The first-order valence-corrected chi connectivity index (χ1v) is 4.27. The number of carbonyl (C=O) groups is 4. The quantitative estimate of drug-likeness (QED) is 0.610. The highest BCUT2D eigenvalue weighted by molar-refractivity contribution is 6.14. The van der Waals surface area contributed by atoms with Gasteiger partial charge in [-0.25, -0.2) is 0 Å². The number of carbonyl (C=O) groups excluding carboxylic acids is 3. The molecule has 0 aromatic rings. The number of Topliss-reactive ketones (excluding diaryl/α,β-unsaturated/α-hetero) is 1. The van der Waals surface area contributed by atoms with Crippen LogP contribution >= 0.6 is 0 Å². The van der Waals surface area contributed by atoms with Gasteiger partial charge < -0.3 is 5.11 Å². The Morgan fingerprint density at radius 1 is 1.13 bits per heavy atom. The molecule has 0 fully saturated rings. The first kappa shape index (κ1) is 11.1. The van der Waals surface area contributed by atoms with E-state index in [9.17, 15) is 19.2 Å². The van der Waals surface area contributed by atoms with Gasteiger partial charge in [0.2, 0.25) is 0 Å². The standard InChI is InChI=1S/C9H9NO5/c11-6(1-4-9(14)15)5-10-7(12)2-3-8(10)13/h2-3H,1,4-5H2,(H,14,15). The Balaban J connectivity index is 2.42. The first-order chi connectivity index (χ1) is 7.00. The molecule has 1 rings (SSSR count). The van der Waals surface area contributed by atoms with Crippen LogP contribution in [0.2, 0.25) is 0 Å². The van der Waals surface area contributed by atoms with E-state index >= 15 is 0 Å². The van der Waals surface area contributed by atoms with Gasteiger partial charge in [-0.2, -0.15) is 0 Å². The number of hydrogen-bond donors (Lipinski definition) is 1. The zero-order valence-electron chi connectivity index (χ0n) is 7.80. The normalized spacial score (nSPS) is 14.8. The molecule has 0 aromatic carbocycles. The van der Waals surface area contributed by atoms with Gasteiger partial charge in [0.1, 0.15) is 0 Å². The van der Waals surface area contributed by atoms with Crippen LogP contribution in [0.5, 0.6) is 0 Å². The van der Waals surface area contributed by atoms with E-state index in [-0.39, 0.29) is 19.4 Å². The molecular formula is C9H9NO5. The lowest BCUT2D eigenvalue weighted by Crippen LogP contribution is -2.35. The summed E-state index contributed by atoms with van der Waals surface area (Å²) in [5, 5.41) is 8.32. The zero-order chi connectivity index (χ0) is 11.4. The maximum atomic E-state index is 11.2. The molecule has 15 heavy (non-hydrogen) atoms. The predicted molar refractivity (Wildman–Crippen MR) is 47.7 cm³/mol. The van der Waals surface area contributed by atoms with Crippen molar-refractivity contribution in [3.63, 3.8) is 0 Å². The second kappa shape index (κ2) is 4.50. The third-order valence-electron chi connectivity index (χ3n) is 1.85. The Morgan fingerprint density at radius 2 is 1.67 bits per heavy atom. The number of nitrogens with zero attached hydrogens (tertiary/aromatic N) is 1. The molecule has 0 saturated heterocycles. The summed E-state index contributed by atoms with van der Waals surface area (Å²) in [6.07, 6.45) is 1.69. The molecule has 0 unspecified atom stereocenters. The summed E-state index contributed by atoms with van der Waals surface area (Å²) in [4.78, 5) is 44.1. The van der Waals surface area contributed by atoms with Crippen LogP contribution in [0.3, 0.4) is 0 Å². The summed E-state index contributed by atoms with van der Waals surface area (Å²) in [5.74, 6) is -2.60. The molecular weight excluding hydrogens is 202 g/mol. The molecule has 0 saturated carbocycles. The minimum absolute atomic E-state index is 0.174. The van der Waals surface area contributed by atoms with E-state index in [1.165, 1.54) is 0 Å². The number of aliphatic carboxylic acids is 1. The van der Waals surface area contributed by atoms with E-state index < -0.39 is 23.6 Å². The van der Waals surface area contributed by atoms with Crippen LogP contribution in [-0.2, 0) is 19.2 Å². The third-order valence-corrected chi connectivity index (χ3v) is 1.85. The van der Waals surface area contributed by atoms with Crippen molar-refractivity contribution in [3.05, 3.63) is 12.2 Å². The van der Waals surface area contributed by atoms with E-state index in [1.54, 1.807) is 0 Å². The summed E-state index contributed by atoms with van der Waals surface area (Å²) in [5.41, 5.74) is 0. The van der Waals surface area contributed by atoms with Gasteiger partial charge in [-0.3, -0.25) is 24.1 Å². The Hall–Kier alpha value is -1.98. The van der Waals surface area contributed by atoms with E-state index in [1.807, 2.05) is 0 Å². The molecule has 0 atom stereocenters. The number of carboxylic acid groups (broad SMARTS) is 1. The highest BCUT2D eigenvalue weighted by atomic mass is 16.4. The van der Waals surface area contributed by atoms with E-state index in [4.69, 9.17) is 5.11 Å². The van der Waals surface area contributed by atoms with Gasteiger partial charge in [0.05, 0.1) is 13.0 Å². The van der Waals surface area contributed by atoms with Crippen molar-refractivity contribution in [1.29, 1.82) is 0 Å². The highest BCUT2D eigenvalue weighted by Crippen LogP contribution is 2.04. The minimum atomic E-state index is -1.08. The fraction of sp³-hybridized carbons (Fsp3) is 0.333. The van der Waals surface area contributed by atoms with Crippen molar-refractivity contribution in [2.45, 2.75) is 12.8 Å². The van der Waals surface area contributed by atoms with Crippen LogP contribution in [0.15, 0.2) is 12.2 Å². The molecule has 80 valence electrons. The van der Waals surface area contributed by atoms with Gasteiger partial charge in [0.15, 0.2) is 5.78 Å². The molecule has 6 nitrogen and oxygen atoms in total. The van der Waals surface area contributed by atoms with Crippen LogP contribution in [0, 0.1) is 0 Å². The second-order valence-electron chi connectivity index (χ2n) is 3.03. The number of imide groups is 1. The molecule has 1 aliphatic heterocycles. The fourth-order valence-electron chi connectivity index (χ4n) is 1.09. The van der Waals surface area contributed by atoms with Crippen molar-refractivity contribution in [3.8, 4) is 0 Å². The number of rotatable bonds is 5. The fourth-order valence-corrected chi connectivity index (χ4v) is 1.09. The van der Waals surface area contributed by atoms with Gasteiger partial charge in [0, 0.05) is 18.6 Å². The van der Waals surface area contributed by atoms with Gasteiger partial charge in [-0.05, 0) is 0 Å². The molecule has 1 heterocycles. The monoisotopic (exact) mass is 211 g/mol. The van der Waals surface area contributed by atoms with Crippen LogP contribution in [0.4, 0.5) is 0 Å². The summed E-state index contributed by atoms with van der Waals surface area (Å²) < 4.78 is 0. The van der Waals surface area contributed by atoms with Crippen LogP contribution in [0.1, 0.15) is 12.8 Å². The van der Waals surface area contributed by atoms with E-state index in [0.29, 0.717) is 0 Å². The van der Waals surface area contributed by atoms with Gasteiger partial charge in [0.25, 0.3) is 11.8 Å². The lowest BCUT2D eigenvalue weighted by atomic mass is 10.2. The number of ketones is 1.